The third kappa shape index (κ3) is 3.82. The van der Waals surface area contributed by atoms with Gasteiger partial charge in [-0.1, -0.05) is 6.92 Å². The van der Waals surface area contributed by atoms with Crippen molar-refractivity contribution in [3.05, 3.63) is 0 Å². The van der Waals surface area contributed by atoms with Crippen molar-refractivity contribution in [2.24, 2.45) is 5.41 Å². The Labute approximate surface area is 98.2 Å². The van der Waals surface area contributed by atoms with Crippen molar-refractivity contribution < 1.29 is 9.53 Å². The van der Waals surface area contributed by atoms with E-state index in [-0.39, 0.29) is 11.9 Å². The topological polar surface area (TPSA) is 53.3 Å². The normalized spacial score (nSPS) is 13.0. The second-order valence-electron chi connectivity index (χ2n) is 4.49. The van der Waals surface area contributed by atoms with Crippen LogP contribution in [0.25, 0.3) is 0 Å². The van der Waals surface area contributed by atoms with E-state index in [1.807, 2.05) is 19.9 Å². The first-order chi connectivity index (χ1) is 7.40. The number of nitrogens with zero attached hydrogens (tertiary/aromatic N) is 2. The molecule has 0 aliphatic carbocycles. The van der Waals surface area contributed by atoms with E-state index in [0.717, 1.165) is 6.42 Å². The van der Waals surface area contributed by atoms with Crippen molar-refractivity contribution in [2.75, 3.05) is 20.3 Å². The number of hydrogen-bond acceptors (Lipinski definition) is 3. The molecule has 0 heterocycles. The van der Waals surface area contributed by atoms with Crippen LogP contribution in [0, 0.1) is 16.7 Å². The van der Waals surface area contributed by atoms with Crippen LogP contribution in [0.15, 0.2) is 0 Å². The molecule has 0 saturated carbocycles. The Morgan fingerprint density at radius 2 is 2.12 bits per heavy atom. The van der Waals surface area contributed by atoms with Crippen LogP contribution in [-0.4, -0.2) is 37.1 Å². The van der Waals surface area contributed by atoms with Crippen molar-refractivity contribution in [1.82, 2.24) is 4.90 Å². The summed E-state index contributed by atoms with van der Waals surface area (Å²) in [6, 6.07) is 2.18. The standard InChI is InChI=1S/C12H22N2O2/c1-6-10(2)14(7-8-16-5)11(15)12(3,4)9-13/h10H,6-8H2,1-5H3. The zero-order chi connectivity index (χ0) is 12.8. The number of hydrogen-bond donors (Lipinski definition) is 0. The number of carbonyl (C=O) groups excluding carboxylic acids is 1. The molecule has 0 aromatic heterocycles. The molecule has 0 aliphatic heterocycles. The van der Waals surface area contributed by atoms with E-state index in [2.05, 4.69) is 0 Å². The summed E-state index contributed by atoms with van der Waals surface area (Å²) >= 11 is 0. The lowest BCUT2D eigenvalue weighted by molar-refractivity contribution is -0.140. The van der Waals surface area contributed by atoms with Gasteiger partial charge in [0.1, 0.15) is 5.41 Å². The van der Waals surface area contributed by atoms with Crippen LogP contribution in [0.4, 0.5) is 0 Å². The van der Waals surface area contributed by atoms with Crippen LogP contribution in [0.5, 0.6) is 0 Å². The molecule has 16 heavy (non-hydrogen) atoms. The van der Waals surface area contributed by atoms with E-state index < -0.39 is 5.41 Å². The van der Waals surface area contributed by atoms with Crippen LogP contribution in [-0.2, 0) is 9.53 Å². The molecule has 1 unspecified atom stereocenters. The highest BCUT2D eigenvalue weighted by Gasteiger charge is 2.33. The van der Waals surface area contributed by atoms with Crippen molar-refractivity contribution in [3.8, 4) is 6.07 Å². The molecule has 1 atom stereocenters. The molecule has 0 bridgehead atoms. The molecule has 4 heteroatoms. The number of amides is 1. The predicted molar refractivity (Wildman–Crippen MR) is 62.7 cm³/mol. The first-order valence-corrected chi connectivity index (χ1v) is 5.62. The molecular formula is C12H22N2O2. The van der Waals surface area contributed by atoms with Gasteiger partial charge in [0.15, 0.2) is 0 Å². The number of nitriles is 1. The van der Waals surface area contributed by atoms with Gasteiger partial charge in [0.2, 0.25) is 5.91 Å². The molecule has 0 aromatic carbocycles. The highest BCUT2D eigenvalue weighted by atomic mass is 16.5. The van der Waals surface area contributed by atoms with Gasteiger partial charge in [0.05, 0.1) is 12.7 Å². The molecule has 0 fully saturated rings. The summed E-state index contributed by atoms with van der Waals surface area (Å²) in [5.41, 5.74) is -0.961. The SMILES string of the molecule is CCC(C)N(CCOC)C(=O)C(C)(C)C#N. The Morgan fingerprint density at radius 3 is 2.50 bits per heavy atom. The minimum Gasteiger partial charge on any atom is -0.383 e. The third-order valence-electron chi connectivity index (χ3n) is 2.73. The van der Waals surface area contributed by atoms with Crippen molar-refractivity contribution in [2.45, 2.75) is 40.2 Å². The van der Waals surface area contributed by atoms with Crippen molar-refractivity contribution in [1.29, 1.82) is 5.26 Å². The van der Waals surface area contributed by atoms with Crippen LogP contribution >= 0.6 is 0 Å². The summed E-state index contributed by atoms with van der Waals surface area (Å²) in [5.74, 6) is -0.124. The molecule has 0 aliphatic rings. The molecule has 4 nitrogen and oxygen atoms in total. The minimum atomic E-state index is -0.961. The lowest BCUT2D eigenvalue weighted by Gasteiger charge is -2.32. The Bertz CT molecular complexity index is 269. The zero-order valence-corrected chi connectivity index (χ0v) is 10.9. The summed E-state index contributed by atoms with van der Waals surface area (Å²) in [6.07, 6.45) is 0.872. The Kier molecular flexibility index (Phi) is 6.05. The minimum absolute atomic E-state index is 0.124. The molecule has 0 rings (SSSR count). The van der Waals surface area contributed by atoms with Gasteiger partial charge in [-0.05, 0) is 27.2 Å². The predicted octanol–water partition coefficient (Wildman–Crippen LogP) is 1.81. The van der Waals surface area contributed by atoms with Crippen LogP contribution in [0.1, 0.15) is 34.1 Å². The van der Waals surface area contributed by atoms with Gasteiger partial charge in [-0.3, -0.25) is 4.79 Å². The number of rotatable bonds is 6. The van der Waals surface area contributed by atoms with Crippen LogP contribution in [0.2, 0.25) is 0 Å². The molecule has 92 valence electrons. The molecule has 0 spiro atoms. The molecule has 1 amide bonds. The highest BCUT2D eigenvalue weighted by molar-refractivity contribution is 5.84. The van der Waals surface area contributed by atoms with Gasteiger partial charge in [-0.15, -0.1) is 0 Å². The maximum absolute atomic E-state index is 12.2. The molecule has 0 aromatic rings. The van der Waals surface area contributed by atoms with E-state index in [1.54, 1.807) is 25.9 Å². The van der Waals surface area contributed by atoms with Gasteiger partial charge < -0.3 is 9.64 Å². The average Bonchev–Trinajstić information content (AvgIpc) is 2.28. The van der Waals surface area contributed by atoms with Crippen LogP contribution < -0.4 is 0 Å². The van der Waals surface area contributed by atoms with Gasteiger partial charge in [-0.2, -0.15) is 5.26 Å². The fourth-order valence-electron chi connectivity index (χ4n) is 1.34. The largest absolute Gasteiger partial charge is 0.383 e. The zero-order valence-electron chi connectivity index (χ0n) is 10.9. The lowest BCUT2D eigenvalue weighted by atomic mass is 9.93. The van der Waals surface area contributed by atoms with E-state index in [9.17, 15) is 4.79 Å². The second-order valence-corrected chi connectivity index (χ2v) is 4.49. The lowest BCUT2D eigenvalue weighted by Crippen LogP contribution is -2.46. The van der Waals surface area contributed by atoms with E-state index >= 15 is 0 Å². The number of carbonyl (C=O) groups is 1. The molecule has 0 saturated heterocycles. The van der Waals surface area contributed by atoms with Gasteiger partial charge in [0, 0.05) is 19.7 Å². The third-order valence-corrected chi connectivity index (χ3v) is 2.73. The van der Waals surface area contributed by atoms with Gasteiger partial charge in [0.25, 0.3) is 0 Å². The Morgan fingerprint density at radius 1 is 1.56 bits per heavy atom. The first kappa shape index (κ1) is 14.9. The monoisotopic (exact) mass is 226 g/mol. The van der Waals surface area contributed by atoms with E-state index in [0.29, 0.717) is 13.2 Å². The fourth-order valence-corrected chi connectivity index (χ4v) is 1.34. The Hall–Kier alpha value is -1.08. The first-order valence-electron chi connectivity index (χ1n) is 5.62. The average molecular weight is 226 g/mol. The van der Waals surface area contributed by atoms with E-state index in [4.69, 9.17) is 10.00 Å². The van der Waals surface area contributed by atoms with E-state index in [1.165, 1.54) is 0 Å². The second kappa shape index (κ2) is 6.49. The number of ether oxygens (including phenoxy) is 1. The fraction of sp³-hybridized carbons (Fsp3) is 0.833. The Balaban J connectivity index is 4.77. The van der Waals surface area contributed by atoms with Crippen LogP contribution in [0.3, 0.4) is 0 Å². The summed E-state index contributed by atoms with van der Waals surface area (Å²) < 4.78 is 4.99. The summed E-state index contributed by atoms with van der Waals surface area (Å²) in [4.78, 5) is 13.9. The van der Waals surface area contributed by atoms with Gasteiger partial charge >= 0.3 is 0 Å². The molecular weight excluding hydrogens is 204 g/mol. The summed E-state index contributed by atoms with van der Waals surface area (Å²) in [6.45, 7) is 8.35. The smallest absolute Gasteiger partial charge is 0.242 e. The molecule has 0 N–H and O–H groups in total. The van der Waals surface area contributed by atoms with Gasteiger partial charge in [-0.25, -0.2) is 0 Å². The highest BCUT2D eigenvalue weighted by Crippen LogP contribution is 2.19. The summed E-state index contributed by atoms with van der Waals surface area (Å²) in [7, 11) is 1.61. The maximum Gasteiger partial charge on any atom is 0.242 e. The van der Waals surface area contributed by atoms with Crippen molar-refractivity contribution >= 4 is 5.91 Å². The summed E-state index contributed by atoms with van der Waals surface area (Å²) in [5, 5.41) is 8.96. The quantitative estimate of drug-likeness (QED) is 0.694. The molecule has 0 radical (unpaired) electrons. The maximum atomic E-state index is 12.2. The number of methoxy groups -OCH3 is 1. The van der Waals surface area contributed by atoms with Crippen molar-refractivity contribution in [3.63, 3.8) is 0 Å².